The average molecular weight is 275 g/mol. The average Bonchev–Trinajstić information content (AvgIpc) is 3.26. The van der Waals surface area contributed by atoms with Gasteiger partial charge in [0.05, 0.1) is 6.61 Å². The van der Waals surface area contributed by atoms with E-state index in [4.69, 9.17) is 4.74 Å². The van der Waals surface area contributed by atoms with E-state index in [2.05, 4.69) is 51.2 Å². The van der Waals surface area contributed by atoms with Crippen LogP contribution >= 0.6 is 0 Å². The van der Waals surface area contributed by atoms with Crippen LogP contribution in [-0.2, 0) is 0 Å². The fourth-order valence-electron chi connectivity index (χ4n) is 2.97. The van der Waals surface area contributed by atoms with Crippen molar-refractivity contribution in [2.75, 3.05) is 13.2 Å². The molecule has 112 valence electrons. The summed E-state index contributed by atoms with van der Waals surface area (Å²) in [5.41, 5.74) is 2.66. The summed E-state index contributed by atoms with van der Waals surface area (Å²) in [7, 11) is 0. The number of hydrogen-bond donors (Lipinski definition) is 1. The third kappa shape index (κ3) is 3.76. The predicted molar refractivity (Wildman–Crippen MR) is 85.3 cm³/mol. The van der Waals surface area contributed by atoms with Gasteiger partial charge in [-0.25, -0.2) is 0 Å². The van der Waals surface area contributed by atoms with E-state index < -0.39 is 0 Å². The number of ether oxygens (including phenoxy) is 1. The smallest absolute Gasteiger partial charge is 0.124 e. The number of aryl methyl sites for hydroxylation is 1. The lowest BCUT2D eigenvalue weighted by Crippen LogP contribution is -2.29. The molecule has 0 bridgehead atoms. The highest BCUT2D eigenvalue weighted by molar-refractivity contribution is 5.39. The zero-order valence-corrected chi connectivity index (χ0v) is 13.4. The van der Waals surface area contributed by atoms with Crippen LogP contribution in [-0.4, -0.2) is 13.2 Å². The topological polar surface area (TPSA) is 21.3 Å². The molecule has 0 radical (unpaired) electrons. The molecule has 0 amide bonds. The van der Waals surface area contributed by atoms with Crippen molar-refractivity contribution in [1.82, 2.24) is 5.32 Å². The lowest BCUT2D eigenvalue weighted by Gasteiger charge is -2.28. The van der Waals surface area contributed by atoms with Gasteiger partial charge in [0.15, 0.2) is 0 Å². The van der Waals surface area contributed by atoms with Gasteiger partial charge >= 0.3 is 0 Å². The second-order valence-corrected chi connectivity index (χ2v) is 6.10. The molecule has 1 aromatic carbocycles. The lowest BCUT2D eigenvalue weighted by atomic mass is 9.89. The van der Waals surface area contributed by atoms with Gasteiger partial charge in [0, 0.05) is 11.6 Å². The summed E-state index contributed by atoms with van der Waals surface area (Å²) in [6.07, 6.45) is 3.95. The molecule has 1 fully saturated rings. The van der Waals surface area contributed by atoms with E-state index in [-0.39, 0.29) is 0 Å². The van der Waals surface area contributed by atoms with Gasteiger partial charge in [0.25, 0.3) is 0 Å². The molecule has 1 aliphatic rings. The Hall–Kier alpha value is -1.02. The van der Waals surface area contributed by atoms with Gasteiger partial charge in [-0.05, 0) is 57.6 Å². The molecule has 0 heterocycles. The first-order chi connectivity index (χ1) is 9.67. The Bertz CT molecular complexity index is 425. The maximum Gasteiger partial charge on any atom is 0.124 e. The van der Waals surface area contributed by atoms with E-state index in [1.807, 2.05) is 0 Å². The number of rotatable bonds is 8. The third-order valence-electron chi connectivity index (χ3n) is 4.31. The van der Waals surface area contributed by atoms with Crippen molar-refractivity contribution < 1.29 is 4.74 Å². The maximum atomic E-state index is 5.86. The maximum absolute atomic E-state index is 5.86. The van der Waals surface area contributed by atoms with Gasteiger partial charge in [-0.15, -0.1) is 0 Å². The fraction of sp³-hybridized carbons (Fsp3) is 0.667. The summed E-state index contributed by atoms with van der Waals surface area (Å²) in [6.45, 7) is 10.6. The highest BCUT2D eigenvalue weighted by Gasteiger charge is 2.34. The van der Waals surface area contributed by atoms with Crippen molar-refractivity contribution in [3.63, 3.8) is 0 Å². The Labute approximate surface area is 123 Å². The first-order valence-electron chi connectivity index (χ1n) is 8.14. The minimum Gasteiger partial charge on any atom is -0.494 e. The summed E-state index contributed by atoms with van der Waals surface area (Å²) in [5, 5.41) is 3.75. The zero-order chi connectivity index (χ0) is 14.5. The number of nitrogens with one attached hydrogen (secondary N) is 1. The molecule has 0 aromatic heterocycles. The molecular weight excluding hydrogens is 246 g/mol. The first-order valence-corrected chi connectivity index (χ1v) is 8.14. The molecule has 0 saturated heterocycles. The van der Waals surface area contributed by atoms with Gasteiger partial charge in [-0.1, -0.05) is 31.5 Å². The SMILES string of the molecule is CCCNC(c1cc(C)ccc1OCC)C(C)C1CC1. The third-order valence-corrected chi connectivity index (χ3v) is 4.31. The highest BCUT2D eigenvalue weighted by atomic mass is 16.5. The summed E-state index contributed by atoms with van der Waals surface area (Å²) < 4.78 is 5.86. The van der Waals surface area contributed by atoms with E-state index in [1.165, 1.54) is 30.4 Å². The standard InChI is InChI=1S/C18H29NO/c1-5-11-19-18(14(4)15-8-9-15)16-12-13(3)7-10-17(16)20-6-2/h7,10,12,14-15,18-19H,5-6,8-9,11H2,1-4H3. The molecule has 0 spiro atoms. The van der Waals surface area contributed by atoms with Gasteiger partial charge < -0.3 is 10.1 Å². The minimum atomic E-state index is 0.420. The van der Waals surface area contributed by atoms with E-state index >= 15 is 0 Å². The van der Waals surface area contributed by atoms with E-state index in [1.54, 1.807) is 0 Å². The van der Waals surface area contributed by atoms with Crippen LogP contribution < -0.4 is 10.1 Å². The molecule has 1 saturated carbocycles. The molecule has 1 N–H and O–H groups in total. The van der Waals surface area contributed by atoms with Crippen molar-refractivity contribution in [1.29, 1.82) is 0 Å². The number of benzene rings is 1. The normalized spacial score (nSPS) is 17.8. The molecule has 2 atom stereocenters. The van der Waals surface area contributed by atoms with Gasteiger partial charge in [0.1, 0.15) is 5.75 Å². The van der Waals surface area contributed by atoms with E-state index in [0.29, 0.717) is 12.0 Å². The molecule has 20 heavy (non-hydrogen) atoms. The fourth-order valence-corrected chi connectivity index (χ4v) is 2.97. The molecule has 1 aliphatic carbocycles. The number of hydrogen-bond acceptors (Lipinski definition) is 2. The predicted octanol–water partition coefficient (Wildman–Crippen LogP) is 4.48. The van der Waals surface area contributed by atoms with Crippen molar-refractivity contribution in [2.45, 2.75) is 53.0 Å². The van der Waals surface area contributed by atoms with Crippen LogP contribution in [0.25, 0.3) is 0 Å². The Balaban J connectivity index is 2.27. The zero-order valence-electron chi connectivity index (χ0n) is 13.4. The van der Waals surface area contributed by atoms with Crippen molar-refractivity contribution >= 4 is 0 Å². The van der Waals surface area contributed by atoms with Crippen molar-refractivity contribution in [2.24, 2.45) is 11.8 Å². The minimum absolute atomic E-state index is 0.420. The largest absolute Gasteiger partial charge is 0.494 e. The van der Waals surface area contributed by atoms with Crippen LogP contribution in [0, 0.1) is 18.8 Å². The van der Waals surface area contributed by atoms with Gasteiger partial charge in [-0.2, -0.15) is 0 Å². The Morgan fingerprint density at radius 2 is 2.05 bits per heavy atom. The van der Waals surface area contributed by atoms with Crippen molar-refractivity contribution in [3.8, 4) is 5.75 Å². The second kappa shape index (κ2) is 7.12. The van der Waals surface area contributed by atoms with Crippen LogP contribution in [0.4, 0.5) is 0 Å². The Morgan fingerprint density at radius 3 is 2.65 bits per heavy atom. The van der Waals surface area contributed by atoms with Gasteiger partial charge in [0.2, 0.25) is 0 Å². The van der Waals surface area contributed by atoms with Crippen LogP contribution in [0.15, 0.2) is 18.2 Å². The second-order valence-electron chi connectivity index (χ2n) is 6.10. The van der Waals surface area contributed by atoms with E-state index in [0.717, 1.165) is 24.8 Å². The molecular formula is C18H29NO. The summed E-state index contributed by atoms with van der Waals surface area (Å²) in [5.74, 6) is 2.63. The summed E-state index contributed by atoms with van der Waals surface area (Å²) in [4.78, 5) is 0. The van der Waals surface area contributed by atoms with Crippen LogP contribution in [0.3, 0.4) is 0 Å². The van der Waals surface area contributed by atoms with E-state index in [9.17, 15) is 0 Å². The summed E-state index contributed by atoms with van der Waals surface area (Å²) >= 11 is 0. The molecule has 2 rings (SSSR count). The quantitative estimate of drug-likeness (QED) is 0.755. The highest BCUT2D eigenvalue weighted by Crippen LogP contribution is 2.44. The first kappa shape index (κ1) is 15.4. The van der Waals surface area contributed by atoms with Crippen LogP contribution in [0.2, 0.25) is 0 Å². The molecule has 2 nitrogen and oxygen atoms in total. The Kier molecular flexibility index (Phi) is 5.47. The Morgan fingerprint density at radius 1 is 1.30 bits per heavy atom. The van der Waals surface area contributed by atoms with Crippen molar-refractivity contribution in [3.05, 3.63) is 29.3 Å². The summed E-state index contributed by atoms with van der Waals surface area (Å²) in [6, 6.07) is 7.00. The molecule has 2 unspecified atom stereocenters. The van der Waals surface area contributed by atoms with Crippen LogP contribution in [0.5, 0.6) is 5.75 Å². The molecule has 0 aliphatic heterocycles. The molecule has 2 heteroatoms. The monoisotopic (exact) mass is 275 g/mol. The van der Waals surface area contributed by atoms with Gasteiger partial charge in [-0.3, -0.25) is 0 Å². The molecule has 1 aromatic rings. The lowest BCUT2D eigenvalue weighted by molar-refractivity contribution is 0.307. The van der Waals surface area contributed by atoms with Crippen LogP contribution in [0.1, 0.15) is 57.2 Å².